The van der Waals surface area contributed by atoms with E-state index in [0.717, 1.165) is 49.1 Å². The first-order chi connectivity index (χ1) is 18.0. The van der Waals surface area contributed by atoms with Gasteiger partial charge in [-0.2, -0.15) is 0 Å². The second kappa shape index (κ2) is 16.9. The Labute approximate surface area is 229 Å². The van der Waals surface area contributed by atoms with Gasteiger partial charge in [-0.05, 0) is 67.7 Å². The van der Waals surface area contributed by atoms with E-state index in [1.54, 1.807) is 12.1 Å². The van der Waals surface area contributed by atoms with Crippen LogP contribution in [0.3, 0.4) is 0 Å². The molecule has 1 heterocycles. The number of hydrogen-bond acceptors (Lipinski definition) is 1. The van der Waals surface area contributed by atoms with Crippen LogP contribution in [-0.2, 0) is 0 Å². The first-order valence-corrected chi connectivity index (χ1v) is 18.5. The molecule has 0 aromatic heterocycles. The van der Waals surface area contributed by atoms with Gasteiger partial charge in [0.25, 0.3) is 0 Å². The molecule has 1 aliphatic carbocycles. The minimum Gasteiger partial charge on any atom is -0.485 e. The molecule has 212 valence electrons. The lowest BCUT2D eigenvalue weighted by Gasteiger charge is -2.37. The van der Waals surface area contributed by atoms with E-state index in [-0.39, 0.29) is 11.9 Å². The maximum Gasteiger partial charge on any atom is 0.191 e. The lowest BCUT2D eigenvalue weighted by Crippen LogP contribution is -2.29. The summed E-state index contributed by atoms with van der Waals surface area (Å²) >= 11 is 0. The maximum absolute atomic E-state index is 14.9. The first kappa shape index (κ1) is 30.6. The summed E-state index contributed by atoms with van der Waals surface area (Å²) in [6, 6.07) is 5.86. The van der Waals surface area contributed by atoms with Gasteiger partial charge in [-0.3, -0.25) is 0 Å². The van der Waals surface area contributed by atoms with Crippen molar-refractivity contribution in [1.29, 1.82) is 0 Å². The van der Waals surface area contributed by atoms with Crippen LogP contribution in [0.25, 0.3) is 0 Å². The van der Waals surface area contributed by atoms with Crippen molar-refractivity contribution in [2.45, 2.75) is 166 Å². The normalized spacial score (nSPS) is 25.2. The minimum atomic E-state index is -0.725. The Morgan fingerprint density at radius 1 is 0.784 bits per heavy atom. The Hall–Kier alpha value is -0.903. The number of unbranched alkanes of at least 4 members (excludes halogenated alkanes) is 8. The fourth-order valence-corrected chi connectivity index (χ4v) is 11.4. The van der Waals surface area contributed by atoms with Gasteiger partial charge in [-0.15, -0.1) is 0 Å². The molecule has 0 amide bonds. The van der Waals surface area contributed by atoms with Crippen LogP contribution in [0.15, 0.2) is 12.1 Å². The molecule has 3 rings (SSSR count). The first-order valence-electron chi connectivity index (χ1n) is 16.2. The Morgan fingerprint density at radius 3 is 1.95 bits per heavy atom. The van der Waals surface area contributed by atoms with Gasteiger partial charge in [-0.1, -0.05) is 116 Å². The monoisotopic (exact) mass is 534 g/mol. The van der Waals surface area contributed by atoms with Gasteiger partial charge in [0.15, 0.2) is 17.4 Å². The minimum absolute atomic E-state index is 0.158. The number of halogens is 2. The molecule has 2 fully saturated rings. The third kappa shape index (κ3) is 10.3. The van der Waals surface area contributed by atoms with Crippen molar-refractivity contribution in [2.24, 2.45) is 5.92 Å². The van der Waals surface area contributed by atoms with Crippen LogP contribution in [-0.4, -0.2) is 14.9 Å². The zero-order chi connectivity index (χ0) is 26.5. The highest BCUT2D eigenvalue weighted by atomic mass is 28.3. The van der Waals surface area contributed by atoms with Crippen LogP contribution in [0.5, 0.6) is 5.75 Å². The molecule has 1 saturated carbocycles. The quantitative estimate of drug-likeness (QED) is 0.151. The van der Waals surface area contributed by atoms with E-state index in [9.17, 15) is 8.78 Å². The highest BCUT2D eigenvalue weighted by Crippen LogP contribution is 2.44. The van der Waals surface area contributed by atoms with Gasteiger partial charge < -0.3 is 4.74 Å². The van der Waals surface area contributed by atoms with E-state index < -0.39 is 20.4 Å². The Balaban J connectivity index is 1.39. The second-order valence-corrected chi connectivity index (χ2v) is 16.2. The fraction of sp³-hybridized carbons (Fsp3) is 0.818. The Bertz CT molecular complexity index is 730. The van der Waals surface area contributed by atoms with Gasteiger partial charge in [0.1, 0.15) is 0 Å². The lowest BCUT2D eigenvalue weighted by atomic mass is 9.85. The largest absolute Gasteiger partial charge is 0.485 e. The van der Waals surface area contributed by atoms with Gasteiger partial charge in [-0.25, -0.2) is 8.78 Å². The molecule has 1 nitrogen and oxygen atoms in total. The molecule has 1 aliphatic heterocycles. The molecule has 2 aliphatic rings. The molecule has 0 unspecified atom stereocenters. The fourth-order valence-electron chi connectivity index (χ4n) is 7.13. The van der Waals surface area contributed by atoms with E-state index >= 15 is 0 Å². The van der Waals surface area contributed by atoms with Crippen LogP contribution >= 0.6 is 0 Å². The molecule has 1 saturated heterocycles. The van der Waals surface area contributed by atoms with E-state index in [1.807, 2.05) is 6.92 Å². The summed E-state index contributed by atoms with van der Waals surface area (Å²) in [4.78, 5) is 0. The molecular formula is C33H56F2OSi. The third-order valence-corrected chi connectivity index (χ3v) is 13.7. The maximum atomic E-state index is 14.9. The Morgan fingerprint density at radius 2 is 1.35 bits per heavy atom. The highest BCUT2D eigenvalue weighted by Gasteiger charge is 2.32. The van der Waals surface area contributed by atoms with Crippen LogP contribution < -0.4 is 4.74 Å². The lowest BCUT2D eigenvalue weighted by molar-refractivity contribution is 0.188. The molecule has 37 heavy (non-hydrogen) atoms. The highest BCUT2D eigenvalue weighted by molar-refractivity contribution is 6.60. The van der Waals surface area contributed by atoms with Crippen LogP contribution in [0, 0.1) is 17.6 Å². The van der Waals surface area contributed by atoms with Gasteiger partial charge >= 0.3 is 0 Å². The molecule has 1 aromatic rings. The summed E-state index contributed by atoms with van der Waals surface area (Å²) in [6.07, 6.45) is 23.2. The summed E-state index contributed by atoms with van der Waals surface area (Å²) in [7, 11) is -0.725. The second-order valence-electron chi connectivity index (χ2n) is 12.5. The summed E-state index contributed by atoms with van der Waals surface area (Å²) < 4.78 is 35.6. The molecule has 0 bridgehead atoms. The summed E-state index contributed by atoms with van der Waals surface area (Å²) in [5, 5.41) is 0. The number of benzene rings is 1. The standard InChI is InChI=1S/C33H56F2OSi/c1-4-6-8-10-12-14-26(3)36-33-31(34)24-29(25-32(33)35)28-20-22-37(23-21-28)30-18-16-27(17-19-30)15-13-11-9-7-5-2/h24-28,30,37H,4-23H2,1-3H3/t26-,27-,28?,30-,37?/m1/s1. The zero-order valence-electron chi connectivity index (χ0n) is 24.3. The predicted molar refractivity (Wildman–Crippen MR) is 158 cm³/mol. The van der Waals surface area contributed by atoms with Crippen LogP contribution in [0.4, 0.5) is 8.78 Å². The molecule has 1 aromatic carbocycles. The summed E-state index contributed by atoms with van der Waals surface area (Å²) in [5.41, 5.74) is 1.87. The molecule has 0 radical (unpaired) electrons. The number of rotatable bonds is 16. The molecule has 0 spiro atoms. The number of ether oxygens (including phenoxy) is 1. The smallest absolute Gasteiger partial charge is 0.191 e. The van der Waals surface area contributed by atoms with Gasteiger partial charge in [0.05, 0.1) is 6.10 Å². The van der Waals surface area contributed by atoms with E-state index in [1.165, 1.54) is 95.6 Å². The SMILES string of the molecule is CCCCCCC[C@@H](C)Oc1c(F)cc(C2CC[SiH]([C@H]3CC[C@H](CCCCCCC)CC3)CC2)cc1F. The van der Waals surface area contributed by atoms with Crippen molar-refractivity contribution in [3.05, 3.63) is 29.3 Å². The van der Waals surface area contributed by atoms with E-state index in [4.69, 9.17) is 4.74 Å². The topological polar surface area (TPSA) is 9.23 Å². The van der Waals surface area contributed by atoms with Crippen molar-refractivity contribution >= 4 is 8.80 Å². The van der Waals surface area contributed by atoms with Crippen LogP contribution in [0.2, 0.25) is 17.6 Å². The Kier molecular flexibility index (Phi) is 14.0. The zero-order valence-corrected chi connectivity index (χ0v) is 25.5. The summed E-state index contributed by atoms with van der Waals surface area (Å²) in [5.74, 6) is 0.103. The number of hydrogen-bond donors (Lipinski definition) is 0. The van der Waals surface area contributed by atoms with Crippen molar-refractivity contribution in [2.75, 3.05) is 0 Å². The predicted octanol–water partition coefficient (Wildman–Crippen LogP) is 11.1. The average Bonchev–Trinajstić information content (AvgIpc) is 2.91. The van der Waals surface area contributed by atoms with Crippen molar-refractivity contribution in [3.63, 3.8) is 0 Å². The van der Waals surface area contributed by atoms with Crippen molar-refractivity contribution in [3.8, 4) is 5.75 Å². The molecule has 1 atom stereocenters. The van der Waals surface area contributed by atoms with Gasteiger partial charge in [0.2, 0.25) is 0 Å². The average molecular weight is 535 g/mol. The van der Waals surface area contributed by atoms with Crippen LogP contribution in [0.1, 0.15) is 148 Å². The molecule has 0 N–H and O–H groups in total. The summed E-state index contributed by atoms with van der Waals surface area (Å²) in [6.45, 7) is 6.43. The van der Waals surface area contributed by atoms with Crippen molar-refractivity contribution in [1.82, 2.24) is 0 Å². The van der Waals surface area contributed by atoms with Crippen molar-refractivity contribution < 1.29 is 13.5 Å². The van der Waals surface area contributed by atoms with E-state index in [0.29, 0.717) is 5.92 Å². The van der Waals surface area contributed by atoms with E-state index in [2.05, 4.69) is 13.8 Å². The molecule has 4 heteroatoms. The molecular weight excluding hydrogens is 478 g/mol. The van der Waals surface area contributed by atoms with Gasteiger partial charge in [0, 0.05) is 8.80 Å². The third-order valence-electron chi connectivity index (χ3n) is 9.57.